The van der Waals surface area contributed by atoms with Crippen molar-refractivity contribution in [3.05, 3.63) is 89.3 Å². The molecule has 4 aromatic rings. The smallest absolute Gasteiger partial charge is 0.251 e. The van der Waals surface area contributed by atoms with E-state index in [0.29, 0.717) is 41.5 Å². The second-order valence-corrected chi connectivity index (χ2v) is 7.14. The number of oxazole rings is 1. The largest absolute Gasteiger partial charge is 0.497 e. The number of aryl methyl sites for hydroxylation is 2. The third kappa shape index (κ3) is 4.86. The van der Waals surface area contributed by atoms with Gasteiger partial charge in [0.2, 0.25) is 0 Å². The number of nitrogens with one attached hydrogen (secondary N) is 1. The molecule has 0 saturated heterocycles. The molecule has 0 fully saturated rings. The summed E-state index contributed by atoms with van der Waals surface area (Å²) in [6.45, 7) is 0.336. The maximum atomic E-state index is 12.7. The van der Waals surface area contributed by atoms with Crippen LogP contribution in [0.3, 0.4) is 0 Å². The van der Waals surface area contributed by atoms with Gasteiger partial charge in [-0.15, -0.1) is 0 Å². The van der Waals surface area contributed by atoms with Crippen molar-refractivity contribution in [1.82, 2.24) is 10.3 Å². The molecule has 0 aliphatic heterocycles. The maximum Gasteiger partial charge on any atom is 0.251 e. The molecule has 0 atom stereocenters. The van der Waals surface area contributed by atoms with Gasteiger partial charge in [-0.2, -0.15) is 0 Å². The van der Waals surface area contributed by atoms with E-state index < -0.39 is 0 Å². The molecule has 158 valence electrons. The monoisotopic (exact) mass is 416 g/mol. The fourth-order valence-corrected chi connectivity index (χ4v) is 3.39. The number of hydrogen-bond donors (Lipinski definition) is 1. The van der Waals surface area contributed by atoms with Crippen LogP contribution in [0.15, 0.2) is 71.1 Å². The zero-order valence-corrected chi connectivity index (χ0v) is 17.6. The van der Waals surface area contributed by atoms with Gasteiger partial charge in [0.15, 0.2) is 11.5 Å². The van der Waals surface area contributed by atoms with E-state index in [9.17, 15) is 4.79 Å². The summed E-state index contributed by atoms with van der Waals surface area (Å²) in [7, 11) is 3.19. The predicted octanol–water partition coefficient (Wildman–Crippen LogP) is 4.56. The van der Waals surface area contributed by atoms with E-state index in [0.717, 1.165) is 17.5 Å². The van der Waals surface area contributed by atoms with Gasteiger partial charge in [0.1, 0.15) is 17.0 Å². The summed E-state index contributed by atoms with van der Waals surface area (Å²) < 4.78 is 16.5. The molecule has 3 aromatic carbocycles. The first-order valence-corrected chi connectivity index (χ1v) is 10.1. The van der Waals surface area contributed by atoms with E-state index in [-0.39, 0.29) is 5.91 Å². The van der Waals surface area contributed by atoms with Crippen LogP contribution in [0.4, 0.5) is 0 Å². The topological polar surface area (TPSA) is 73.6 Å². The Balaban J connectivity index is 1.42. The zero-order chi connectivity index (χ0) is 21.6. The van der Waals surface area contributed by atoms with Crippen LogP contribution in [0.25, 0.3) is 11.1 Å². The lowest BCUT2D eigenvalue weighted by atomic mass is 10.1. The third-order valence-corrected chi connectivity index (χ3v) is 5.10. The first-order chi connectivity index (χ1) is 15.2. The molecule has 6 heteroatoms. The fourth-order valence-electron chi connectivity index (χ4n) is 3.39. The first-order valence-electron chi connectivity index (χ1n) is 10.1. The Morgan fingerprint density at radius 3 is 2.58 bits per heavy atom. The third-order valence-electron chi connectivity index (χ3n) is 5.10. The minimum absolute atomic E-state index is 0.193. The van der Waals surface area contributed by atoms with Crippen LogP contribution >= 0.6 is 0 Å². The molecule has 1 heterocycles. The van der Waals surface area contributed by atoms with Gasteiger partial charge in [-0.05, 0) is 42.3 Å². The number of benzene rings is 3. The fraction of sp³-hybridized carbons (Fsp3) is 0.200. The number of ether oxygens (including phenoxy) is 2. The zero-order valence-electron chi connectivity index (χ0n) is 17.6. The molecular weight excluding hydrogens is 392 g/mol. The van der Waals surface area contributed by atoms with Crippen LogP contribution in [0, 0.1) is 0 Å². The number of carbonyl (C=O) groups excluding carboxylic acids is 1. The number of amides is 1. The maximum absolute atomic E-state index is 12.7. The summed E-state index contributed by atoms with van der Waals surface area (Å²) in [6, 6.07) is 21.0. The Hall–Kier alpha value is -3.80. The van der Waals surface area contributed by atoms with Gasteiger partial charge < -0.3 is 19.2 Å². The average molecular weight is 416 g/mol. The predicted molar refractivity (Wildman–Crippen MR) is 119 cm³/mol. The molecule has 0 saturated carbocycles. The van der Waals surface area contributed by atoms with Crippen molar-refractivity contribution in [1.29, 1.82) is 0 Å². The van der Waals surface area contributed by atoms with Gasteiger partial charge in [0, 0.05) is 30.2 Å². The highest BCUT2D eigenvalue weighted by atomic mass is 16.5. The van der Waals surface area contributed by atoms with Crippen molar-refractivity contribution >= 4 is 17.0 Å². The van der Waals surface area contributed by atoms with E-state index in [1.807, 2.05) is 36.4 Å². The van der Waals surface area contributed by atoms with Crippen LogP contribution in [-0.2, 0) is 19.4 Å². The molecule has 0 unspecified atom stereocenters. The lowest BCUT2D eigenvalue weighted by molar-refractivity contribution is 0.0950. The molecule has 31 heavy (non-hydrogen) atoms. The minimum atomic E-state index is -0.193. The summed E-state index contributed by atoms with van der Waals surface area (Å²) in [5, 5.41) is 2.92. The number of hydrogen-bond acceptors (Lipinski definition) is 5. The second-order valence-electron chi connectivity index (χ2n) is 7.14. The Kier molecular flexibility index (Phi) is 6.17. The molecule has 4 rings (SSSR count). The summed E-state index contributed by atoms with van der Waals surface area (Å²) in [5.74, 6) is 1.83. The van der Waals surface area contributed by atoms with Gasteiger partial charge in [0.05, 0.1) is 14.2 Å². The van der Waals surface area contributed by atoms with E-state index in [1.54, 1.807) is 32.4 Å². The van der Waals surface area contributed by atoms with E-state index in [2.05, 4.69) is 22.4 Å². The molecule has 0 aliphatic rings. The summed E-state index contributed by atoms with van der Waals surface area (Å²) in [5.41, 5.74) is 3.97. The standard InChI is InChI=1S/C25H24N2O4/c1-29-20-11-9-19(22(15-20)30-2)16-26-25(28)18-10-12-21-23(14-18)31-24(27-21)13-8-17-6-4-3-5-7-17/h3-7,9-12,14-15H,8,13,16H2,1-2H3,(H,26,28). The molecule has 1 amide bonds. The average Bonchev–Trinajstić information content (AvgIpc) is 3.24. The number of nitrogens with zero attached hydrogens (tertiary/aromatic N) is 1. The molecule has 1 N–H and O–H groups in total. The van der Waals surface area contributed by atoms with Crippen molar-refractivity contribution in [2.24, 2.45) is 0 Å². The van der Waals surface area contributed by atoms with E-state index in [4.69, 9.17) is 13.9 Å². The number of methoxy groups -OCH3 is 2. The minimum Gasteiger partial charge on any atom is -0.497 e. The summed E-state index contributed by atoms with van der Waals surface area (Å²) in [4.78, 5) is 17.2. The Bertz CT molecular complexity index is 1180. The normalized spacial score (nSPS) is 10.8. The number of aromatic nitrogens is 1. The quantitative estimate of drug-likeness (QED) is 0.456. The highest BCUT2D eigenvalue weighted by Crippen LogP contribution is 2.24. The number of fused-ring (bicyclic) bond motifs is 1. The Labute approximate surface area is 180 Å². The van der Waals surface area contributed by atoms with E-state index in [1.165, 1.54) is 5.56 Å². The SMILES string of the molecule is COc1ccc(CNC(=O)c2ccc3nc(CCc4ccccc4)oc3c2)c(OC)c1. The molecule has 0 bridgehead atoms. The summed E-state index contributed by atoms with van der Waals surface area (Å²) in [6.07, 6.45) is 1.56. The van der Waals surface area contributed by atoms with E-state index >= 15 is 0 Å². The van der Waals surface area contributed by atoms with Crippen LogP contribution in [0.2, 0.25) is 0 Å². The van der Waals surface area contributed by atoms with Crippen LogP contribution in [0.5, 0.6) is 11.5 Å². The van der Waals surface area contributed by atoms with Gasteiger partial charge in [-0.1, -0.05) is 30.3 Å². The molecular formula is C25H24N2O4. The van der Waals surface area contributed by atoms with Crippen molar-refractivity contribution in [3.63, 3.8) is 0 Å². The highest BCUT2D eigenvalue weighted by molar-refractivity contribution is 5.97. The lowest BCUT2D eigenvalue weighted by Crippen LogP contribution is -2.23. The molecule has 0 spiro atoms. The van der Waals surface area contributed by atoms with Crippen LogP contribution < -0.4 is 14.8 Å². The Morgan fingerprint density at radius 2 is 1.81 bits per heavy atom. The molecule has 0 radical (unpaired) electrons. The van der Waals surface area contributed by atoms with Crippen LogP contribution in [0.1, 0.15) is 27.4 Å². The molecule has 1 aromatic heterocycles. The Morgan fingerprint density at radius 1 is 0.968 bits per heavy atom. The summed E-state index contributed by atoms with van der Waals surface area (Å²) >= 11 is 0. The second kappa shape index (κ2) is 9.34. The van der Waals surface area contributed by atoms with Crippen molar-refractivity contribution in [3.8, 4) is 11.5 Å². The van der Waals surface area contributed by atoms with Gasteiger partial charge >= 0.3 is 0 Å². The highest BCUT2D eigenvalue weighted by Gasteiger charge is 2.12. The lowest BCUT2D eigenvalue weighted by Gasteiger charge is -2.11. The number of carbonyl (C=O) groups is 1. The van der Waals surface area contributed by atoms with Gasteiger partial charge in [-0.25, -0.2) is 4.98 Å². The van der Waals surface area contributed by atoms with Gasteiger partial charge in [0.25, 0.3) is 5.91 Å². The van der Waals surface area contributed by atoms with Crippen molar-refractivity contribution in [2.75, 3.05) is 14.2 Å². The van der Waals surface area contributed by atoms with Crippen molar-refractivity contribution < 1.29 is 18.7 Å². The molecule has 6 nitrogen and oxygen atoms in total. The molecule has 0 aliphatic carbocycles. The number of rotatable bonds is 8. The van der Waals surface area contributed by atoms with Gasteiger partial charge in [-0.3, -0.25) is 4.79 Å². The van der Waals surface area contributed by atoms with Crippen molar-refractivity contribution in [2.45, 2.75) is 19.4 Å². The first kappa shape index (κ1) is 20.5. The van der Waals surface area contributed by atoms with Crippen LogP contribution in [-0.4, -0.2) is 25.1 Å².